The van der Waals surface area contributed by atoms with E-state index in [-0.39, 0.29) is 17.9 Å². The van der Waals surface area contributed by atoms with Crippen molar-refractivity contribution in [2.45, 2.75) is 31.8 Å². The number of nitrogens with zero attached hydrogens (tertiary/aromatic N) is 1. The van der Waals surface area contributed by atoms with Crippen molar-refractivity contribution in [1.82, 2.24) is 10.6 Å². The molecule has 2 aromatic rings. The number of para-hydroxylation sites is 1. The van der Waals surface area contributed by atoms with Crippen molar-refractivity contribution in [3.8, 4) is 0 Å². The SMILES string of the molecule is O=C(NC1CCCNC1)c1occc1CN1C(=O)Cc2ccccc21. The number of hydrogen-bond acceptors (Lipinski definition) is 4. The third-order valence-corrected chi connectivity index (χ3v) is 4.84. The van der Waals surface area contributed by atoms with Crippen LogP contribution >= 0.6 is 0 Å². The third-order valence-electron chi connectivity index (χ3n) is 4.84. The average Bonchev–Trinajstić information content (AvgIpc) is 3.21. The molecule has 2 aliphatic rings. The zero-order valence-electron chi connectivity index (χ0n) is 14.0. The summed E-state index contributed by atoms with van der Waals surface area (Å²) < 4.78 is 5.43. The van der Waals surface area contributed by atoms with Crippen LogP contribution in [0.5, 0.6) is 0 Å². The van der Waals surface area contributed by atoms with Crippen LogP contribution in [0.2, 0.25) is 0 Å². The highest BCUT2D eigenvalue weighted by molar-refractivity contribution is 6.01. The maximum Gasteiger partial charge on any atom is 0.287 e. The number of benzene rings is 1. The van der Waals surface area contributed by atoms with Gasteiger partial charge in [-0.3, -0.25) is 9.59 Å². The Bertz CT molecular complexity index is 793. The number of carbonyl (C=O) groups is 2. The van der Waals surface area contributed by atoms with Gasteiger partial charge >= 0.3 is 0 Å². The highest BCUT2D eigenvalue weighted by Gasteiger charge is 2.29. The van der Waals surface area contributed by atoms with E-state index in [2.05, 4.69) is 10.6 Å². The second kappa shape index (κ2) is 6.72. The molecule has 130 valence electrons. The molecule has 1 atom stereocenters. The molecule has 1 aromatic heterocycles. The molecule has 2 N–H and O–H groups in total. The van der Waals surface area contributed by atoms with Crippen LogP contribution in [0.15, 0.2) is 41.0 Å². The van der Waals surface area contributed by atoms with Gasteiger partial charge in [-0.25, -0.2) is 0 Å². The van der Waals surface area contributed by atoms with Crippen LogP contribution in [0, 0.1) is 0 Å². The smallest absolute Gasteiger partial charge is 0.287 e. The van der Waals surface area contributed by atoms with E-state index in [0.29, 0.717) is 18.7 Å². The highest BCUT2D eigenvalue weighted by Crippen LogP contribution is 2.30. The van der Waals surface area contributed by atoms with Crippen molar-refractivity contribution in [1.29, 1.82) is 0 Å². The molecule has 0 spiro atoms. The summed E-state index contributed by atoms with van der Waals surface area (Å²) in [6.07, 6.45) is 3.93. The lowest BCUT2D eigenvalue weighted by Gasteiger charge is -2.23. The Balaban J connectivity index is 1.50. The van der Waals surface area contributed by atoms with Gasteiger partial charge in [0.2, 0.25) is 5.91 Å². The van der Waals surface area contributed by atoms with Crippen molar-refractivity contribution in [3.05, 3.63) is 53.5 Å². The summed E-state index contributed by atoms with van der Waals surface area (Å²) in [7, 11) is 0. The Morgan fingerprint density at radius 3 is 3.04 bits per heavy atom. The number of hydrogen-bond donors (Lipinski definition) is 2. The van der Waals surface area contributed by atoms with Gasteiger partial charge in [0.1, 0.15) is 0 Å². The fourth-order valence-corrected chi connectivity index (χ4v) is 3.55. The van der Waals surface area contributed by atoms with E-state index in [1.54, 1.807) is 11.0 Å². The zero-order valence-corrected chi connectivity index (χ0v) is 14.0. The molecule has 1 aromatic carbocycles. The summed E-state index contributed by atoms with van der Waals surface area (Å²) in [5, 5.41) is 6.30. The summed E-state index contributed by atoms with van der Waals surface area (Å²) in [5.74, 6) is 0.127. The number of piperidine rings is 1. The van der Waals surface area contributed by atoms with Crippen LogP contribution in [0.1, 0.15) is 34.5 Å². The van der Waals surface area contributed by atoms with E-state index in [0.717, 1.165) is 42.7 Å². The topological polar surface area (TPSA) is 74.6 Å². The Labute approximate surface area is 146 Å². The molecule has 3 heterocycles. The standard InChI is InChI=1S/C19H21N3O3/c23-17-10-13-4-1-2-6-16(13)22(17)12-14-7-9-25-18(14)19(24)21-15-5-3-8-20-11-15/h1-2,4,6-7,9,15,20H,3,5,8,10-12H2,(H,21,24). The predicted molar refractivity (Wildman–Crippen MR) is 93.4 cm³/mol. The molecule has 6 heteroatoms. The molecule has 0 radical (unpaired) electrons. The molecule has 2 amide bonds. The molecule has 2 aliphatic heterocycles. The molecule has 4 rings (SSSR count). The number of furan rings is 1. The second-order valence-corrected chi connectivity index (χ2v) is 6.58. The summed E-state index contributed by atoms with van der Waals surface area (Å²) in [6.45, 7) is 2.12. The van der Waals surface area contributed by atoms with Gasteiger partial charge in [0, 0.05) is 23.8 Å². The van der Waals surface area contributed by atoms with Crippen LogP contribution in [0.25, 0.3) is 0 Å². The Morgan fingerprint density at radius 1 is 1.32 bits per heavy atom. The minimum Gasteiger partial charge on any atom is -0.459 e. The van der Waals surface area contributed by atoms with Crippen LogP contribution in [-0.2, 0) is 17.8 Å². The molecule has 1 fully saturated rings. The lowest BCUT2D eigenvalue weighted by atomic mass is 10.1. The van der Waals surface area contributed by atoms with E-state index >= 15 is 0 Å². The quantitative estimate of drug-likeness (QED) is 0.891. The van der Waals surface area contributed by atoms with Crippen LogP contribution in [0.4, 0.5) is 5.69 Å². The van der Waals surface area contributed by atoms with Crippen molar-refractivity contribution >= 4 is 17.5 Å². The lowest BCUT2D eigenvalue weighted by Crippen LogP contribution is -2.45. The van der Waals surface area contributed by atoms with Crippen LogP contribution in [0.3, 0.4) is 0 Å². The fourth-order valence-electron chi connectivity index (χ4n) is 3.55. The Morgan fingerprint density at radius 2 is 2.20 bits per heavy atom. The molecule has 1 unspecified atom stereocenters. The van der Waals surface area contributed by atoms with Crippen molar-refractivity contribution in [2.75, 3.05) is 18.0 Å². The number of fused-ring (bicyclic) bond motifs is 1. The van der Waals surface area contributed by atoms with Crippen molar-refractivity contribution in [2.24, 2.45) is 0 Å². The minimum absolute atomic E-state index is 0.0465. The van der Waals surface area contributed by atoms with E-state index in [1.165, 1.54) is 6.26 Å². The van der Waals surface area contributed by atoms with E-state index in [1.807, 2.05) is 24.3 Å². The first kappa shape index (κ1) is 15.9. The van der Waals surface area contributed by atoms with E-state index in [4.69, 9.17) is 4.42 Å². The second-order valence-electron chi connectivity index (χ2n) is 6.58. The first-order valence-corrected chi connectivity index (χ1v) is 8.68. The first-order chi connectivity index (χ1) is 12.2. The van der Waals surface area contributed by atoms with Gasteiger partial charge < -0.3 is 20.0 Å². The zero-order chi connectivity index (χ0) is 17.2. The maximum atomic E-state index is 12.6. The summed E-state index contributed by atoms with van der Waals surface area (Å²) >= 11 is 0. The highest BCUT2D eigenvalue weighted by atomic mass is 16.3. The largest absolute Gasteiger partial charge is 0.459 e. The molecular formula is C19H21N3O3. The maximum absolute atomic E-state index is 12.6. The monoisotopic (exact) mass is 339 g/mol. The van der Waals surface area contributed by atoms with Crippen molar-refractivity contribution in [3.63, 3.8) is 0 Å². The van der Waals surface area contributed by atoms with Gasteiger partial charge in [0.25, 0.3) is 5.91 Å². The number of rotatable bonds is 4. The molecule has 6 nitrogen and oxygen atoms in total. The Kier molecular flexibility index (Phi) is 4.28. The van der Waals surface area contributed by atoms with Gasteiger partial charge in [-0.05, 0) is 37.1 Å². The van der Waals surface area contributed by atoms with Crippen LogP contribution in [-0.4, -0.2) is 30.9 Å². The molecule has 25 heavy (non-hydrogen) atoms. The van der Waals surface area contributed by atoms with E-state index in [9.17, 15) is 9.59 Å². The number of amides is 2. The van der Waals surface area contributed by atoms with Crippen molar-refractivity contribution < 1.29 is 14.0 Å². The third kappa shape index (κ3) is 3.17. The van der Waals surface area contributed by atoms with Crippen LogP contribution < -0.4 is 15.5 Å². The van der Waals surface area contributed by atoms with Gasteiger partial charge in [0.05, 0.1) is 19.2 Å². The molecule has 0 aliphatic carbocycles. The van der Waals surface area contributed by atoms with Gasteiger partial charge in [-0.1, -0.05) is 18.2 Å². The molecule has 0 bridgehead atoms. The number of anilines is 1. The molecule has 1 saturated heterocycles. The summed E-state index contributed by atoms with van der Waals surface area (Å²) in [5.41, 5.74) is 2.66. The average molecular weight is 339 g/mol. The van der Waals surface area contributed by atoms with Gasteiger partial charge in [-0.2, -0.15) is 0 Å². The first-order valence-electron chi connectivity index (χ1n) is 8.68. The minimum atomic E-state index is -0.214. The number of nitrogens with one attached hydrogen (secondary N) is 2. The van der Waals surface area contributed by atoms with Gasteiger partial charge in [-0.15, -0.1) is 0 Å². The van der Waals surface area contributed by atoms with Gasteiger partial charge in [0.15, 0.2) is 5.76 Å². The molecular weight excluding hydrogens is 318 g/mol. The lowest BCUT2D eigenvalue weighted by molar-refractivity contribution is -0.117. The molecule has 0 saturated carbocycles. The summed E-state index contributed by atoms with van der Waals surface area (Å²) in [6, 6.07) is 9.64. The normalized spacial score (nSPS) is 19.8. The fraction of sp³-hybridized carbons (Fsp3) is 0.368. The van der Waals surface area contributed by atoms with E-state index < -0.39 is 0 Å². The summed E-state index contributed by atoms with van der Waals surface area (Å²) in [4.78, 5) is 26.6. The predicted octanol–water partition coefficient (Wildman–Crippen LogP) is 1.85. The Hall–Kier alpha value is -2.60. The number of carbonyl (C=O) groups excluding carboxylic acids is 2.